The molecule has 4 nitrogen and oxygen atoms in total. The molecule has 0 saturated carbocycles. The SMILES string of the molecule is COc1ccc2nc(-c3ccc(NC(=O)c4ccc(F)c(C(F)(F)F)c4)cc3)sc2c1. The van der Waals surface area contributed by atoms with E-state index in [2.05, 4.69) is 10.3 Å². The summed E-state index contributed by atoms with van der Waals surface area (Å²) >= 11 is 1.48. The van der Waals surface area contributed by atoms with Crippen molar-refractivity contribution in [1.29, 1.82) is 0 Å². The van der Waals surface area contributed by atoms with Crippen LogP contribution in [0.25, 0.3) is 20.8 Å². The summed E-state index contributed by atoms with van der Waals surface area (Å²) in [7, 11) is 1.59. The van der Waals surface area contributed by atoms with E-state index in [9.17, 15) is 22.4 Å². The molecule has 4 rings (SSSR count). The van der Waals surface area contributed by atoms with Crippen LogP contribution in [0.15, 0.2) is 60.7 Å². The number of benzene rings is 3. The molecule has 0 spiro atoms. The van der Waals surface area contributed by atoms with Crippen LogP contribution in [0.5, 0.6) is 5.75 Å². The lowest BCUT2D eigenvalue weighted by Crippen LogP contribution is -2.15. The average molecular weight is 446 g/mol. The average Bonchev–Trinajstić information content (AvgIpc) is 3.17. The normalized spacial score (nSPS) is 11.5. The fraction of sp³-hybridized carbons (Fsp3) is 0.0909. The number of thiazole rings is 1. The lowest BCUT2D eigenvalue weighted by Gasteiger charge is -2.10. The Morgan fingerprint density at radius 3 is 2.45 bits per heavy atom. The van der Waals surface area contributed by atoms with Crippen LogP contribution in [0.4, 0.5) is 23.2 Å². The van der Waals surface area contributed by atoms with Crippen molar-refractivity contribution < 1.29 is 27.1 Å². The molecule has 9 heteroatoms. The Morgan fingerprint density at radius 1 is 1.03 bits per heavy atom. The highest BCUT2D eigenvalue weighted by Gasteiger charge is 2.34. The van der Waals surface area contributed by atoms with E-state index in [-0.39, 0.29) is 5.56 Å². The van der Waals surface area contributed by atoms with Gasteiger partial charge in [-0.3, -0.25) is 4.79 Å². The minimum Gasteiger partial charge on any atom is -0.497 e. The van der Waals surface area contributed by atoms with Gasteiger partial charge in [0.15, 0.2) is 0 Å². The zero-order chi connectivity index (χ0) is 22.2. The monoisotopic (exact) mass is 446 g/mol. The molecule has 1 amide bonds. The van der Waals surface area contributed by atoms with E-state index >= 15 is 0 Å². The van der Waals surface area contributed by atoms with E-state index in [0.717, 1.165) is 32.6 Å². The van der Waals surface area contributed by atoms with Crippen molar-refractivity contribution in [3.63, 3.8) is 0 Å². The number of hydrogen-bond donors (Lipinski definition) is 1. The zero-order valence-corrected chi connectivity index (χ0v) is 16.8. The number of nitrogens with zero attached hydrogens (tertiary/aromatic N) is 1. The molecule has 0 unspecified atom stereocenters. The second-order valence-electron chi connectivity index (χ2n) is 6.58. The smallest absolute Gasteiger partial charge is 0.419 e. The first-order valence-electron chi connectivity index (χ1n) is 8.98. The van der Waals surface area contributed by atoms with Crippen molar-refractivity contribution in [2.45, 2.75) is 6.18 Å². The van der Waals surface area contributed by atoms with Crippen LogP contribution in [-0.2, 0) is 6.18 Å². The zero-order valence-electron chi connectivity index (χ0n) is 16.0. The van der Waals surface area contributed by atoms with Gasteiger partial charge in [-0.2, -0.15) is 13.2 Å². The molecule has 0 aliphatic carbocycles. The minimum absolute atomic E-state index is 0.294. The highest BCUT2D eigenvalue weighted by atomic mass is 32.1. The Labute approximate surface area is 178 Å². The first-order chi connectivity index (χ1) is 14.7. The molecule has 1 heterocycles. The molecule has 4 aromatic rings. The number of carbonyl (C=O) groups is 1. The van der Waals surface area contributed by atoms with E-state index in [4.69, 9.17) is 4.74 Å². The number of aromatic nitrogens is 1. The number of ether oxygens (including phenoxy) is 1. The number of alkyl halides is 3. The van der Waals surface area contributed by atoms with Gasteiger partial charge in [0.1, 0.15) is 16.6 Å². The van der Waals surface area contributed by atoms with Crippen LogP contribution in [0, 0.1) is 5.82 Å². The Kier molecular flexibility index (Phi) is 5.36. The number of fused-ring (bicyclic) bond motifs is 1. The maximum absolute atomic E-state index is 13.4. The number of carbonyl (C=O) groups excluding carboxylic acids is 1. The third-order valence-electron chi connectivity index (χ3n) is 4.52. The lowest BCUT2D eigenvalue weighted by molar-refractivity contribution is -0.140. The Morgan fingerprint density at radius 2 is 1.77 bits per heavy atom. The van der Waals surface area contributed by atoms with E-state index in [1.54, 1.807) is 31.4 Å². The minimum atomic E-state index is -4.89. The molecule has 0 bridgehead atoms. The van der Waals surface area contributed by atoms with Crippen molar-refractivity contribution in [3.05, 3.63) is 77.6 Å². The summed E-state index contributed by atoms with van der Waals surface area (Å²) in [4.78, 5) is 16.9. The Balaban J connectivity index is 1.53. The van der Waals surface area contributed by atoms with Gasteiger partial charge in [-0.25, -0.2) is 9.37 Å². The van der Waals surface area contributed by atoms with Gasteiger partial charge < -0.3 is 10.1 Å². The molecular formula is C22H14F4N2O2S. The van der Waals surface area contributed by atoms with E-state index in [1.165, 1.54) is 11.3 Å². The number of amides is 1. The van der Waals surface area contributed by atoms with Crippen molar-refractivity contribution in [2.24, 2.45) is 0 Å². The summed E-state index contributed by atoms with van der Waals surface area (Å²) in [5.41, 5.74) is 0.254. The molecule has 0 fully saturated rings. The lowest BCUT2D eigenvalue weighted by atomic mass is 10.1. The van der Waals surface area contributed by atoms with Crippen molar-refractivity contribution in [2.75, 3.05) is 12.4 Å². The molecular weight excluding hydrogens is 432 g/mol. The van der Waals surface area contributed by atoms with Crippen molar-refractivity contribution >= 4 is 33.1 Å². The fourth-order valence-corrected chi connectivity index (χ4v) is 3.94. The van der Waals surface area contributed by atoms with Crippen molar-refractivity contribution in [1.82, 2.24) is 4.98 Å². The molecule has 0 aliphatic heterocycles. The number of hydrogen-bond acceptors (Lipinski definition) is 4. The number of rotatable bonds is 4. The van der Waals surface area contributed by atoms with E-state index < -0.39 is 23.5 Å². The molecule has 0 aliphatic rings. The highest BCUT2D eigenvalue weighted by Crippen LogP contribution is 2.34. The topological polar surface area (TPSA) is 51.2 Å². The highest BCUT2D eigenvalue weighted by molar-refractivity contribution is 7.21. The van der Waals surface area contributed by atoms with Gasteiger partial charge >= 0.3 is 6.18 Å². The van der Waals surface area contributed by atoms with Gasteiger partial charge in [-0.05, 0) is 60.7 Å². The first kappa shape index (κ1) is 20.8. The van der Waals surface area contributed by atoms with E-state index in [1.807, 2.05) is 18.2 Å². The molecule has 158 valence electrons. The van der Waals surface area contributed by atoms with Gasteiger partial charge in [-0.1, -0.05) is 0 Å². The summed E-state index contributed by atoms with van der Waals surface area (Å²) in [6.07, 6.45) is -4.89. The van der Waals surface area contributed by atoms with Crippen LogP contribution < -0.4 is 10.1 Å². The first-order valence-corrected chi connectivity index (χ1v) is 9.79. The summed E-state index contributed by atoms with van der Waals surface area (Å²) in [5, 5.41) is 3.29. The van der Waals surface area contributed by atoms with Crippen LogP contribution >= 0.6 is 11.3 Å². The quantitative estimate of drug-likeness (QED) is 0.370. The van der Waals surface area contributed by atoms with E-state index in [0.29, 0.717) is 17.8 Å². The van der Waals surface area contributed by atoms with Crippen LogP contribution in [0.2, 0.25) is 0 Å². The van der Waals surface area contributed by atoms with Gasteiger partial charge in [0.25, 0.3) is 5.91 Å². The molecule has 1 N–H and O–H groups in total. The third-order valence-corrected chi connectivity index (χ3v) is 5.59. The maximum atomic E-state index is 13.4. The maximum Gasteiger partial charge on any atom is 0.419 e. The predicted molar refractivity (Wildman–Crippen MR) is 111 cm³/mol. The number of methoxy groups -OCH3 is 1. The second kappa shape index (κ2) is 7.99. The van der Waals surface area contributed by atoms with Crippen LogP contribution in [0.3, 0.4) is 0 Å². The van der Waals surface area contributed by atoms with Gasteiger partial charge in [-0.15, -0.1) is 11.3 Å². The Bertz CT molecular complexity index is 1270. The third kappa shape index (κ3) is 4.36. The molecule has 0 saturated heterocycles. The summed E-state index contributed by atoms with van der Waals surface area (Å²) in [6.45, 7) is 0. The van der Waals surface area contributed by atoms with Gasteiger partial charge in [0.2, 0.25) is 0 Å². The Hall–Kier alpha value is -3.46. The van der Waals surface area contributed by atoms with Crippen LogP contribution in [0.1, 0.15) is 15.9 Å². The van der Waals surface area contributed by atoms with Crippen molar-refractivity contribution in [3.8, 4) is 16.3 Å². The van der Waals surface area contributed by atoms with Gasteiger partial charge in [0.05, 0.1) is 22.9 Å². The molecule has 1 aromatic heterocycles. The van der Waals surface area contributed by atoms with Crippen LogP contribution in [-0.4, -0.2) is 18.0 Å². The van der Waals surface area contributed by atoms with Gasteiger partial charge in [0, 0.05) is 16.8 Å². The standard InChI is InChI=1S/C22H14F4N2O2S/c1-30-15-7-9-18-19(11-15)31-21(28-18)12-2-5-14(6-3-12)27-20(29)13-4-8-17(23)16(10-13)22(24,25)26/h2-11H,1H3,(H,27,29). The molecule has 0 atom stereocenters. The summed E-state index contributed by atoms with van der Waals surface area (Å²) in [6, 6.07) is 14.4. The summed E-state index contributed by atoms with van der Waals surface area (Å²) < 4.78 is 58.2. The molecule has 0 radical (unpaired) electrons. The molecule has 3 aromatic carbocycles. The largest absolute Gasteiger partial charge is 0.497 e. The number of anilines is 1. The number of nitrogens with one attached hydrogen (secondary N) is 1. The molecule has 31 heavy (non-hydrogen) atoms. The summed E-state index contributed by atoms with van der Waals surface area (Å²) in [5.74, 6) is -1.47. The fourth-order valence-electron chi connectivity index (χ4n) is 2.94. The predicted octanol–water partition coefficient (Wildman–Crippen LogP) is 6.38. The second-order valence-corrected chi connectivity index (χ2v) is 7.61. The number of halogens is 4.